The summed E-state index contributed by atoms with van der Waals surface area (Å²) >= 11 is 3.35. The van der Waals surface area contributed by atoms with Gasteiger partial charge in [-0.15, -0.1) is 0 Å². The predicted molar refractivity (Wildman–Crippen MR) is 143 cm³/mol. The summed E-state index contributed by atoms with van der Waals surface area (Å²) in [4.78, 5) is 51.3. The molecule has 1 aliphatic heterocycles. The number of imide groups is 2. The molecule has 1 heterocycles. The smallest absolute Gasteiger partial charge is 0.335 e. The Balaban J connectivity index is 1.56. The van der Waals surface area contributed by atoms with Crippen molar-refractivity contribution < 1.29 is 37.8 Å². The van der Waals surface area contributed by atoms with Crippen molar-refractivity contribution in [2.75, 3.05) is 31.0 Å². The Morgan fingerprint density at radius 1 is 1.05 bits per heavy atom. The van der Waals surface area contributed by atoms with E-state index in [-0.39, 0.29) is 28.4 Å². The van der Waals surface area contributed by atoms with Crippen molar-refractivity contribution in [2.45, 2.75) is 0 Å². The second-order valence-electron chi connectivity index (χ2n) is 8.01. The third-order valence-electron chi connectivity index (χ3n) is 5.49. The van der Waals surface area contributed by atoms with Crippen LogP contribution in [0.15, 0.2) is 70.7 Å². The highest BCUT2D eigenvalue weighted by atomic mass is 79.9. The third kappa shape index (κ3) is 6.07. The zero-order valence-electron chi connectivity index (χ0n) is 20.6. The maximum Gasteiger partial charge on any atom is 0.335 e. The lowest BCUT2D eigenvalue weighted by atomic mass is 10.1. The van der Waals surface area contributed by atoms with Gasteiger partial charge in [-0.3, -0.25) is 19.7 Å². The molecule has 1 aliphatic rings. The molecule has 10 nitrogen and oxygen atoms in total. The monoisotopic (exact) mass is 597 g/mol. The van der Waals surface area contributed by atoms with E-state index in [1.807, 2.05) is 0 Å². The Morgan fingerprint density at radius 2 is 1.77 bits per heavy atom. The van der Waals surface area contributed by atoms with Gasteiger partial charge in [0, 0.05) is 0 Å². The fraction of sp³-hybridized carbons (Fsp3) is 0.111. The number of amides is 5. The van der Waals surface area contributed by atoms with Crippen molar-refractivity contribution in [1.29, 1.82) is 0 Å². The number of nitrogens with one attached hydrogen (secondary N) is 2. The van der Waals surface area contributed by atoms with Gasteiger partial charge in [0.2, 0.25) is 0 Å². The summed E-state index contributed by atoms with van der Waals surface area (Å²) in [5.74, 6) is -2.01. The first-order chi connectivity index (χ1) is 18.7. The number of halogens is 2. The summed E-state index contributed by atoms with van der Waals surface area (Å²) in [6, 6.07) is 14.0. The number of hydrogen-bond donors (Lipinski definition) is 2. The highest BCUT2D eigenvalue weighted by Gasteiger charge is 2.37. The number of carbonyl (C=O) groups is 4. The van der Waals surface area contributed by atoms with Gasteiger partial charge >= 0.3 is 6.03 Å². The Morgan fingerprint density at radius 3 is 2.44 bits per heavy atom. The minimum absolute atomic E-state index is 0.0108. The lowest BCUT2D eigenvalue weighted by molar-refractivity contribution is -0.122. The molecule has 3 aromatic carbocycles. The van der Waals surface area contributed by atoms with Crippen molar-refractivity contribution in [3.63, 3.8) is 0 Å². The lowest BCUT2D eigenvalue weighted by Crippen LogP contribution is -2.54. The second kappa shape index (κ2) is 11.8. The van der Waals surface area contributed by atoms with Crippen LogP contribution in [-0.4, -0.2) is 44.6 Å². The molecule has 0 unspecified atom stereocenters. The summed E-state index contributed by atoms with van der Waals surface area (Å²) in [5, 5.41) is 4.57. The molecule has 200 valence electrons. The number of benzene rings is 3. The average Bonchev–Trinajstić information content (AvgIpc) is 2.91. The van der Waals surface area contributed by atoms with Gasteiger partial charge in [-0.05, 0) is 76.1 Å². The first kappa shape index (κ1) is 27.3. The van der Waals surface area contributed by atoms with Crippen LogP contribution in [0.2, 0.25) is 0 Å². The minimum Gasteiger partial charge on any atom is -0.497 e. The number of methoxy groups -OCH3 is 2. The molecule has 4 rings (SSSR count). The zero-order valence-corrected chi connectivity index (χ0v) is 22.2. The van der Waals surface area contributed by atoms with Crippen LogP contribution in [0.1, 0.15) is 5.56 Å². The van der Waals surface area contributed by atoms with Crippen LogP contribution >= 0.6 is 15.9 Å². The highest BCUT2D eigenvalue weighted by Crippen LogP contribution is 2.37. The molecule has 3 aromatic rings. The van der Waals surface area contributed by atoms with Crippen LogP contribution in [0.25, 0.3) is 6.08 Å². The zero-order chi connectivity index (χ0) is 28.1. The standard InChI is InChI=1S/C27H21BrFN3O7/c1-37-17-9-7-16(8-10-17)32-26(35)18(25(34)31-27(32)36)11-15-12-19(28)24(22(13-15)38-2)39-14-23(33)30-21-6-4-3-5-20(21)29/h3-13H,14H2,1-2H3,(H,30,33)(H,31,34,36)/b18-11+. The number of rotatable bonds is 8. The van der Waals surface area contributed by atoms with Crippen LogP contribution < -0.4 is 29.7 Å². The molecule has 0 aromatic heterocycles. The molecular formula is C27H21BrFN3O7. The quantitative estimate of drug-likeness (QED) is 0.293. The molecule has 0 spiro atoms. The molecule has 39 heavy (non-hydrogen) atoms. The Bertz CT molecular complexity index is 1490. The van der Waals surface area contributed by atoms with Crippen molar-refractivity contribution in [3.05, 3.63) is 82.1 Å². The number of anilines is 2. The molecule has 2 N–H and O–H groups in total. The number of urea groups is 1. The molecule has 0 bridgehead atoms. The number of barbiturate groups is 1. The van der Waals surface area contributed by atoms with Gasteiger partial charge in [0.1, 0.15) is 17.1 Å². The summed E-state index contributed by atoms with van der Waals surface area (Å²) in [7, 11) is 2.85. The topological polar surface area (TPSA) is 123 Å². The van der Waals surface area contributed by atoms with E-state index in [2.05, 4.69) is 26.6 Å². The van der Waals surface area contributed by atoms with Crippen molar-refractivity contribution in [2.24, 2.45) is 0 Å². The number of para-hydroxylation sites is 1. The highest BCUT2D eigenvalue weighted by molar-refractivity contribution is 9.10. The molecule has 12 heteroatoms. The van der Waals surface area contributed by atoms with Crippen LogP contribution in [0.4, 0.5) is 20.6 Å². The predicted octanol–water partition coefficient (Wildman–Crippen LogP) is 4.29. The third-order valence-corrected chi connectivity index (χ3v) is 6.08. The van der Waals surface area contributed by atoms with Crippen LogP contribution in [0, 0.1) is 5.82 Å². The molecule has 0 radical (unpaired) electrons. The summed E-state index contributed by atoms with van der Waals surface area (Å²) < 4.78 is 30.2. The molecule has 5 amide bonds. The van der Waals surface area contributed by atoms with Gasteiger partial charge in [0.15, 0.2) is 18.1 Å². The summed E-state index contributed by atoms with van der Waals surface area (Å²) in [5.41, 5.74) is 0.325. The Hall–Kier alpha value is -4.71. The molecule has 0 aliphatic carbocycles. The van der Waals surface area contributed by atoms with Crippen molar-refractivity contribution >= 4 is 57.1 Å². The van der Waals surface area contributed by atoms with Crippen molar-refractivity contribution in [1.82, 2.24) is 5.32 Å². The minimum atomic E-state index is -0.886. The summed E-state index contributed by atoms with van der Waals surface area (Å²) in [6.45, 7) is -0.455. The molecule has 1 fully saturated rings. The van der Waals surface area contributed by atoms with Gasteiger partial charge in [0.05, 0.1) is 30.1 Å². The van der Waals surface area contributed by atoms with E-state index in [0.717, 1.165) is 4.90 Å². The van der Waals surface area contributed by atoms with Crippen LogP contribution in [0.3, 0.4) is 0 Å². The van der Waals surface area contributed by atoms with E-state index in [1.54, 1.807) is 18.2 Å². The van der Waals surface area contributed by atoms with E-state index in [4.69, 9.17) is 14.2 Å². The number of ether oxygens (including phenoxy) is 3. The first-order valence-electron chi connectivity index (χ1n) is 11.3. The lowest BCUT2D eigenvalue weighted by Gasteiger charge is -2.26. The second-order valence-corrected chi connectivity index (χ2v) is 8.86. The number of nitrogens with zero attached hydrogens (tertiary/aromatic N) is 1. The van der Waals surface area contributed by atoms with E-state index in [1.165, 1.54) is 62.8 Å². The summed E-state index contributed by atoms with van der Waals surface area (Å²) in [6.07, 6.45) is 1.29. The van der Waals surface area contributed by atoms with Gasteiger partial charge in [-0.2, -0.15) is 0 Å². The maximum absolute atomic E-state index is 13.8. The van der Waals surface area contributed by atoms with E-state index < -0.39 is 36.2 Å². The SMILES string of the molecule is COc1ccc(N2C(=O)NC(=O)/C(=C\c3cc(Br)c(OCC(=O)Nc4ccccc4F)c(OC)c3)C2=O)cc1. The average molecular weight is 598 g/mol. The van der Waals surface area contributed by atoms with E-state index >= 15 is 0 Å². The normalized spacial score (nSPS) is 14.2. The van der Waals surface area contributed by atoms with E-state index in [9.17, 15) is 23.6 Å². The maximum atomic E-state index is 13.8. The number of hydrogen-bond acceptors (Lipinski definition) is 7. The van der Waals surface area contributed by atoms with Gasteiger partial charge in [0.25, 0.3) is 17.7 Å². The Kier molecular flexibility index (Phi) is 8.25. The molecule has 1 saturated heterocycles. The van der Waals surface area contributed by atoms with Gasteiger partial charge < -0.3 is 19.5 Å². The molecule has 0 atom stereocenters. The fourth-order valence-electron chi connectivity index (χ4n) is 3.64. The van der Waals surface area contributed by atoms with Gasteiger partial charge in [-0.25, -0.2) is 14.1 Å². The Labute approximate surface area is 230 Å². The van der Waals surface area contributed by atoms with E-state index in [0.29, 0.717) is 15.8 Å². The molecular weight excluding hydrogens is 577 g/mol. The number of carbonyl (C=O) groups excluding carboxylic acids is 4. The van der Waals surface area contributed by atoms with Crippen LogP contribution in [0.5, 0.6) is 17.2 Å². The van der Waals surface area contributed by atoms with Crippen LogP contribution in [-0.2, 0) is 14.4 Å². The van der Waals surface area contributed by atoms with Gasteiger partial charge in [-0.1, -0.05) is 12.1 Å². The largest absolute Gasteiger partial charge is 0.497 e. The molecule has 0 saturated carbocycles. The van der Waals surface area contributed by atoms with Crippen molar-refractivity contribution in [3.8, 4) is 17.2 Å². The first-order valence-corrected chi connectivity index (χ1v) is 12.1. The fourth-order valence-corrected chi connectivity index (χ4v) is 4.21.